The summed E-state index contributed by atoms with van der Waals surface area (Å²) < 4.78 is 39.8. The fourth-order valence-electron chi connectivity index (χ4n) is 3.79. The van der Waals surface area contributed by atoms with Crippen molar-refractivity contribution in [3.63, 3.8) is 0 Å². The first kappa shape index (κ1) is 19.0. The van der Waals surface area contributed by atoms with Gasteiger partial charge in [0.05, 0.1) is 21.1 Å². The highest BCUT2D eigenvalue weighted by Gasteiger charge is 2.68. The topological polar surface area (TPSA) is 134 Å². The number of sulfonamides is 1. The van der Waals surface area contributed by atoms with Crippen LogP contribution in [0.4, 0.5) is 0 Å². The van der Waals surface area contributed by atoms with Gasteiger partial charge in [-0.15, -0.1) is 0 Å². The number of carbonyl (C=O) groups excluding carboxylic acids is 1. The number of aromatic nitrogens is 1. The van der Waals surface area contributed by atoms with Crippen molar-refractivity contribution in [1.29, 1.82) is 0 Å². The standard InChI is InChI=1S/C17H17N3O6S2/c1-17(2)13(16(22)23)20-14(21)12(15(20)27(17)24)19-28(25,26)10-7-3-5-9-6-4-8-18-11(9)10/h3-8,12-13,15,19H,1-2H3,(H,22,23)/t12-,13+,15-,27-/m1/s1. The number of para-hydroxylation sites is 1. The second kappa shape index (κ2) is 6.06. The van der Waals surface area contributed by atoms with Crippen LogP contribution >= 0.6 is 0 Å². The highest BCUT2D eigenvalue weighted by Crippen LogP contribution is 2.43. The summed E-state index contributed by atoms with van der Waals surface area (Å²) in [6, 6.07) is 5.47. The van der Waals surface area contributed by atoms with Gasteiger partial charge in [-0.3, -0.25) is 14.0 Å². The number of fused-ring (bicyclic) bond motifs is 2. The Bertz CT molecular complexity index is 1140. The molecule has 11 heteroatoms. The van der Waals surface area contributed by atoms with Gasteiger partial charge < -0.3 is 10.0 Å². The zero-order chi connectivity index (χ0) is 20.4. The number of carboxylic acids is 1. The van der Waals surface area contributed by atoms with Crippen molar-refractivity contribution in [1.82, 2.24) is 14.6 Å². The highest BCUT2D eigenvalue weighted by atomic mass is 32.2. The maximum absolute atomic E-state index is 12.9. The Morgan fingerprint density at radius 3 is 2.64 bits per heavy atom. The zero-order valence-corrected chi connectivity index (χ0v) is 16.5. The summed E-state index contributed by atoms with van der Waals surface area (Å²) in [4.78, 5) is 29.1. The normalized spacial score (nSPS) is 28.8. The number of pyridine rings is 1. The van der Waals surface area contributed by atoms with E-state index in [-0.39, 0.29) is 10.4 Å². The molecule has 2 aromatic rings. The van der Waals surface area contributed by atoms with E-state index in [1.54, 1.807) is 24.3 Å². The fraction of sp³-hybridized carbons (Fsp3) is 0.353. The molecule has 0 spiro atoms. The quantitative estimate of drug-likeness (QED) is 0.664. The number of β-lactam (4-membered cyclic amide) rings is 1. The van der Waals surface area contributed by atoms with Gasteiger partial charge in [0.15, 0.2) is 0 Å². The molecule has 2 fully saturated rings. The van der Waals surface area contributed by atoms with Crippen LogP contribution < -0.4 is 4.72 Å². The minimum atomic E-state index is -4.16. The summed E-state index contributed by atoms with van der Waals surface area (Å²) >= 11 is 0. The molecule has 28 heavy (non-hydrogen) atoms. The van der Waals surface area contributed by atoms with E-state index in [2.05, 4.69) is 9.71 Å². The first-order valence-electron chi connectivity index (χ1n) is 8.39. The molecule has 0 aliphatic carbocycles. The first-order chi connectivity index (χ1) is 13.1. The SMILES string of the molecule is CC1(C)[C@H](C(=O)O)N2C(=O)[C@@H](NS(=O)(=O)c3cccc4cccnc34)[C@H]2[S@]1=O. The van der Waals surface area contributed by atoms with Gasteiger partial charge in [0, 0.05) is 11.6 Å². The molecule has 2 saturated heterocycles. The molecule has 1 aromatic carbocycles. The molecule has 0 unspecified atom stereocenters. The van der Waals surface area contributed by atoms with Crippen LogP contribution in [0.3, 0.4) is 0 Å². The van der Waals surface area contributed by atoms with Gasteiger partial charge in [-0.2, -0.15) is 4.72 Å². The summed E-state index contributed by atoms with van der Waals surface area (Å²) in [5, 5.41) is 9.03. The zero-order valence-electron chi connectivity index (χ0n) is 14.9. The summed E-state index contributed by atoms with van der Waals surface area (Å²) in [6.07, 6.45) is 1.46. The van der Waals surface area contributed by atoms with Crippen LogP contribution in [0.2, 0.25) is 0 Å². The molecule has 1 aromatic heterocycles. The van der Waals surface area contributed by atoms with E-state index >= 15 is 0 Å². The second-order valence-electron chi connectivity index (χ2n) is 7.21. The lowest BCUT2D eigenvalue weighted by atomic mass is 9.96. The average Bonchev–Trinajstić information content (AvgIpc) is 2.83. The summed E-state index contributed by atoms with van der Waals surface area (Å²) in [5.41, 5.74) is 0.248. The van der Waals surface area contributed by atoms with Crippen LogP contribution in [0.15, 0.2) is 41.4 Å². The first-order valence-corrected chi connectivity index (χ1v) is 11.1. The molecule has 0 bridgehead atoms. The van der Waals surface area contributed by atoms with Crippen molar-refractivity contribution in [3.05, 3.63) is 36.5 Å². The monoisotopic (exact) mass is 423 g/mol. The Morgan fingerprint density at radius 2 is 1.96 bits per heavy atom. The smallest absolute Gasteiger partial charge is 0.328 e. The Labute approximate surface area is 163 Å². The van der Waals surface area contributed by atoms with E-state index in [4.69, 9.17) is 0 Å². The van der Waals surface area contributed by atoms with Crippen molar-refractivity contribution in [2.45, 2.75) is 40.9 Å². The number of nitrogens with one attached hydrogen (secondary N) is 1. The van der Waals surface area contributed by atoms with Crippen LogP contribution in [0.5, 0.6) is 0 Å². The molecule has 9 nitrogen and oxygen atoms in total. The molecule has 2 aliphatic heterocycles. The van der Waals surface area contributed by atoms with E-state index < -0.39 is 54.9 Å². The third-order valence-corrected chi connectivity index (χ3v) is 8.83. The minimum Gasteiger partial charge on any atom is -0.480 e. The van der Waals surface area contributed by atoms with Crippen LogP contribution in [0.25, 0.3) is 10.9 Å². The third-order valence-electron chi connectivity index (χ3n) is 5.16. The second-order valence-corrected chi connectivity index (χ2v) is 11.0. The lowest BCUT2D eigenvalue weighted by molar-refractivity contribution is -0.159. The number of carbonyl (C=O) groups is 2. The van der Waals surface area contributed by atoms with Gasteiger partial charge in [-0.05, 0) is 26.0 Å². The molecule has 148 valence electrons. The summed E-state index contributed by atoms with van der Waals surface area (Å²) in [5.74, 6) is -1.97. The number of amides is 1. The molecule has 2 N–H and O–H groups in total. The van der Waals surface area contributed by atoms with Gasteiger partial charge in [0.25, 0.3) is 0 Å². The van der Waals surface area contributed by atoms with Crippen molar-refractivity contribution in [2.75, 3.05) is 0 Å². The Kier molecular flexibility index (Phi) is 4.11. The highest BCUT2D eigenvalue weighted by molar-refractivity contribution is 7.90. The predicted octanol–water partition coefficient (Wildman–Crippen LogP) is 0.0441. The number of aliphatic carboxylic acids is 1. The predicted molar refractivity (Wildman–Crippen MR) is 100 cm³/mol. The van der Waals surface area contributed by atoms with Crippen molar-refractivity contribution >= 4 is 43.6 Å². The third kappa shape index (κ3) is 2.50. The van der Waals surface area contributed by atoms with Crippen LogP contribution in [-0.4, -0.2) is 61.7 Å². The molecule has 2 aliphatic rings. The van der Waals surface area contributed by atoms with Crippen LogP contribution in [0, 0.1) is 0 Å². The van der Waals surface area contributed by atoms with Crippen LogP contribution in [-0.2, 0) is 30.4 Å². The molecule has 4 rings (SSSR count). The molecule has 4 atom stereocenters. The lowest BCUT2D eigenvalue weighted by Gasteiger charge is -2.42. The summed E-state index contributed by atoms with van der Waals surface area (Å²) in [7, 11) is -5.92. The molecule has 0 saturated carbocycles. The minimum absolute atomic E-state index is 0.102. The lowest BCUT2D eigenvalue weighted by Crippen LogP contribution is -2.71. The van der Waals surface area contributed by atoms with Gasteiger partial charge in [0.2, 0.25) is 15.9 Å². The molecule has 1 amide bonds. The Morgan fingerprint density at radius 1 is 1.29 bits per heavy atom. The fourth-order valence-corrected chi connectivity index (χ4v) is 7.17. The van der Waals surface area contributed by atoms with E-state index in [0.717, 1.165) is 4.90 Å². The maximum atomic E-state index is 12.9. The molecular weight excluding hydrogens is 406 g/mol. The number of benzene rings is 1. The van der Waals surface area contributed by atoms with E-state index in [1.165, 1.54) is 26.1 Å². The number of hydrogen-bond acceptors (Lipinski definition) is 6. The van der Waals surface area contributed by atoms with Crippen molar-refractivity contribution in [2.24, 2.45) is 0 Å². The van der Waals surface area contributed by atoms with Crippen LogP contribution in [0.1, 0.15) is 13.8 Å². The number of rotatable bonds is 4. The van der Waals surface area contributed by atoms with Gasteiger partial charge >= 0.3 is 5.97 Å². The van der Waals surface area contributed by atoms with E-state index in [9.17, 15) is 27.3 Å². The number of hydrogen-bond donors (Lipinski definition) is 2. The van der Waals surface area contributed by atoms with Gasteiger partial charge in [-0.25, -0.2) is 13.2 Å². The van der Waals surface area contributed by atoms with Gasteiger partial charge in [0.1, 0.15) is 22.4 Å². The average molecular weight is 423 g/mol. The van der Waals surface area contributed by atoms with Gasteiger partial charge in [-0.1, -0.05) is 18.2 Å². The molecule has 0 radical (unpaired) electrons. The molecular formula is C17H17N3O6S2. The largest absolute Gasteiger partial charge is 0.480 e. The van der Waals surface area contributed by atoms with Crippen molar-refractivity contribution in [3.8, 4) is 0 Å². The van der Waals surface area contributed by atoms with Crippen molar-refractivity contribution < 1.29 is 27.3 Å². The molecule has 3 heterocycles. The number of carboxylic acid groups (broad SMARTS) is 1. The maximum Gasteiger partial charge on any atom is 0.328 e. The Hall–Kier alpha value is -2.37. The number of nitrogens with zero attached hydrogens (tertiary/aromatic N) is 2. The van der Waals surface area contributed by atoms with E-state index in [0.29, 0.717) is 5.39 Å². The summed E-state index contributed by atoms with van der Waals surface area (Å²) in [6.45, 7) is 2.99. The van der Waals surface area contributed by atoms with E-state index in [1.807, 2.05) is 0 Å². The Balaban J connectivity index is 1.70.